The molecule has 1 saturated heterocycles. The molecule has 0 aromatic carbocycles. The SMILES string of the molecule is C#CCC(C)N1CN(c2snc(CC)c2C)C(=O)N(C(C)CC=C)C1. The van der Waals surface area contributed by atoms with Gasteiger partial charge in [0.2, 0.25) is 0 Å². The zero-order chi connectivity index (χ0) is 18.6. The van der Waals surface area contributed by atoms with Crippen molar-refractivity contribution in [2.75, 3.05) is 18.2 Å². The number of rotatable bonds is 7. The van der Waals surface area contributed by atoms with Crippen LogP contribution in [0.2, 0.25) is 0 Å². The second kappa shape index (κ2) is 8.50. The molecule has 2 heterocycles. The van der Waals surface area contributed by atoms with E-state index in [0.29, 0.717) is 19.8 Å². The van der Waals surface area contributed by atoms with Crippen LogP contribution in [0.5, 0.6) is 0 Å². The van der Waals surface area contributed by atoms with E-state index in [1.54, 1.807) is 0 Å². The highest BCUT2D eigenvalue weighted by Gasteiger charge is 2.36. The Hall–Kier alpha value is -1.84. The molecular weight excluding hydrogens is 332 g/mol. The summed E-state index contributed by atoms with van der Waals surface area (Å²) in [5, 5.41) is 0.940. The quantitative estimate of drug-likeness (QED) is 0.548. The van der Waals surface area contributed by atoms with Gasteiger partial charge in [-0.15, -0.1) is 18.9 Å². The highest BCUT2D eigenvalue weighted by molar-refractivity contribution is 7.10. The third-order valence-corrected chi connectivity index (χ3v) is 5.80. The monoisotopic (exact) mass is 360 g/mol. The smallest absolute Gasteiger partial charge is 0.308 e. The van der Waals surface area contributed by atoms with E-state index in [9.17, 15) is 4.79 Å². The lowest BCUT2D eigenvalue weighted by Crippen LogP contribution is -2.62. The lowest BCUT2D eigenvalue weighted by atomic mass is 10.1. The van der Waals surface area contributed by atoms with Crippen LogP contribution < -0.4 is 4.90 Å². The summed E-state index contributed by atoms with van der Waals surface area (Å²) in [5.74, 6) is 2.73. The molecule has 1 fully saturated rings. The standard InChI is InChI=1S/C19H28N4OS/c1-7-10-14(4)21-12-22(15(5)11-8-2)19(24)23(13-21)18-16(6)17(9-3)20-25-18/h1,8,14-15H,2,9-13H2,3-6H3. The zero-order valence-corrected chi connectivity index (χ0v) is 16.5. The number of terminal acetylenes is 1. The summed E-state index contributed by atoms with van der Waals surface area (Å²) in [7, 11) is 0. The fourth-order valence-electron chi connectivity index (χ4n) is 3.06. The van der Waals surface area contributed by atoms with Crippen LogP contribution >= 0.6 is 11.5 Å². The van der Waals surface area contributed by atoms with Crippen molar-refractivity contribution >= 4 is 22.6 Å². The number of nitrogens with zero attached hydrogens (tertiary/aromatic N) is 4. The first-order valence-electron chi connectivity index (χ1n) is 8.76. The second-order valence-electron chi connectivity index (χ2n) is 6.60. The van der Waals surface area contributed by atoms with Crippen molar-refractivity contribution in [2.24, 2.45) is 0 Å². The summed E-state index contributed by atoms with van der Waals surface area (Å²) >= 11 is 1.41. The maximum Gasteiger partial charge on any atom is 0.327 e. The topological polar surface area (TPSA) is 39.7 Å². The molecule has 0 bridgehead atoms. The fourth-order valence-corrected chi connectivity index (χ4v) is 4.02. The summed E-state index contributed by atoms with van der Waals surface area (Å²) < 4.78 is 4.52. The second-order valence-corrected chi connectivity index (χ2v) is 7.35. The molecule has 1 aromatic heterocycles. The minimum Gasteiger partial charge on any atom is -0.308 e. The van der Waals surface area contributed by atoms with Crippen LogP contribution in [0.15, 0.2) is 12.7 Å². The number of carbonyl (C=O) groups is 1. The predicted molar refractivity (Wildman–Crippen MR) is 105 cm³/mol. The van der Waals surface area contributed by atoms with E-state index in [0.717, 1.165) is 29.1 Å². The number of aryl methyl sites for hydroxylation is 1. The van der Waals surface area contributed by atoms with Crippen molar-refractivity contribution in [1.82, 2.24) is 14.2 Å². The summed E-state index contributed by atoms with van der Waals surface area (Å²) in [6, 6.07) is 0.332. The number of hydrogen-bond donors (Lipinski definition) is 0. The van der Waals surface area contributed by atoms with Gasteiger partial charge in [0.15, 0.2) is 0 Å². The van der Waals surface area contributed by atoms with Crippen LogP contribution in [0.4, 0.5) is 9.80 Å². The van der Waals surface area contributed by atoms with Gasteiger partial charge in [0.1, 0.15) is 5.00 Å². The molecule has 0 aliphatic carbocycles. The molecule has 5 nitrogen and oxygen atoms in total. The highest BCUT2D eigenvalue weighted by Crippen LogP contribution is 2.32. The first kappa shape index (κ1) is 19.5. The number of amides is 2. The van der Waals surface area contributed by atoms with Crippen LogP contribution in [0.3, 0.4) is 0 Å². The van der Waals surface area contributed by atoms with Gasteiger partial charge in [-0.1, -0.05) is 13.0 Å². The Balaban J connectivity index is 2.35. The van der Waals surface area contributed by atoms with E-state index in [1.165, 1.54) is 11.5 Å². The normalized spacial score (nSPS) is 18.1. The first-order valence-corrected chi connectivity index (χ1v) is 9.53. The van der Waals surface area contributed by atoms with Crippen LogP contribution in [0.1, 0.15) is 44.9 Å². The number of urea groups is 1. The van der Waals surface area contributed by atoms with Crippen LogP contribution in [-0.2, 0) is 6.42 Å². The summed E-state index contributed by atoms with van der Waals surface area (Å²) in [6.45, 7) is 13.3. The minimum atomic E-state index is 0.0351. The average Bonchev–Trinajstić information content (AvgIpc) is 2.96. The molecule has 136 valence electrons. The zero-order valence-electron chi connectivity index (χ0n) is 15.7. The maximum absolute atomic E-state index is 13.1. The average molecular weight is 361 g/mol. The fraction of sp³-hybridized carbons (Fsp3) is 0.579. The molecule has 0 N–H and O–H groups in total. The van der Waals surface area contributed by atoms with E-state index in [2.05, 4.69) is 42.5 Å². The Labute approximate surface area is 155 Å². The van der Waals surface area contributed by atoms with Crippen LogP contribution in [0, 0.1) is 19.3 Å². The van der Waals surface area contributed by atoms with Crippen molar-refractivity contribution in [2.45, 2.75) is 59.0 Å². The molecule has 2 amide bonds. The van der Waals surface area contributed by atoms with E-state index >= 15 is 0 Å². The van der Waals surface area contributed by atoms with Crippen molar-refractivity contribution in [3.63, 3.8) is 0 Å². The third kappa shape index (κ3) is 4.05. The Morgan fingerprint density at radius 3 is 2.68 bits per heavy atom. The lowest BCUT2D eigenvalue weighted by Gasteiger charge is -2.45. The van der Waals surface area contributed by atoms with Crippen LogP contribution in [-0.4, -0.2) is 45.6 Å². The summed E-state index contributed by atoms with van der Waals surface area (Å²) in [6.07, 6.45) is 9.66. The Kier molecular flexibility index (Phi) is 6.63. The highest BCUT2D eigenvalue weighted by atomic mass is 32.1. The van der Waals surface area contributed by atoms with Gasteiger partial charge >= 0.3 is 6.03 Å². The van der Waals surface area contributed by atoms with Crippen molar-refractivity contribution < 1.29 is 4.79 Å². The molecule has 25 heavy (non-hydrogen) atoms. The number of anilines is 1. The largest absolute Gasteiger partial charge is 0.327 e. The van der Waals surface area contributed by atoms with Gasteiger partial charge in [-0.2, -0.15) is 4.37 Å². The number of aromatic nitrogens is 1. The van der Waals surface area contributed by atoms with Gasteiger partial charge in [0, 0.05) is 24.1 Å². The van der Waals surface area contributed by atoms with Crippen molar-refractivity contribution in [1.29, 1.82) is 0 Å². The van der Waals surface area contributed by atoms with Gasteiger partial charge in [-0.3, -0.25) is 9.80 Å². The van der Waals surface area contributed by atoms with E-state index in [1.807, 2.05) is 22.8 Å². The molecule has 2 unspecified atom stereocenters. The third-order valence-electron chi connectivity index (χ3n) is 4.79. The maximum atomic E-state index is 13.1. The molecule has 1 aliphatic heterocycles. The minimum absolute atomic E-state index is 0.0351. The lowest BCUT2D eigenvalue weighted by molar-refractivity contribution is 0.0719. The summed E-state index contributed by atoms with van der Waals surface area (Å²) in [4.78, 5) is 19.2. The van der Waals surface area contributed by atoms with Crippen molar-refractivity contribution in [3.8, 4) is 12.3 Å². The Morgan fingerprint density at radius 1 is 1.40 bits per heavy atom. The molecule has 6 heteroatoms. The molecule has 2 atom stereocenters. The Bertz CT molecular complexity index is 663. The molecular formula is C19H28N4OS. The molecule has 2 rings (SSSR count). The number of carbonyl (C=O) groups excluding carboxylic acids is 1. The molecule has 0 radical (unpaired) electrons. The van der Waals surface area contributed by atoms with Crippen LogP contribution in [0.25, 0.3) is 0 Å². The first-order chi connectivity index (χ1) is 11.9. The van der Waals surface area contributed by atoms with E-state index in [-0.39, 0.29) is 18.1 Å². The van der Waals surface area contributed by atoms with Gasteiger partial charge in [-0.25, -0.2) is 4.79 Å². The number of hydrogen-bond acceptors (Lipinski definition) is 4. The Morgan fingerprint density at radius 2 is 2.12 bits per heavy atom. The van der Waals surface area contributed by atoms with Gasteiger partial charge in [0.05, 0.1) is 19.0 Å². The summed E-state index contributed by atoms with van der Waals surface area (Å²) in [5.41, 5.74) is 2.16. The predicted octanol–water partition coefficient (Wildman–Crippen LogP) is 3.85. The van der Waals surface area contributed by atoms with E-state index in [4.69, 9.17) is 6.42 Å². The molecule has 0 spiro atoms. The molecule has 1 aliphatic rings. The van der Waals surface area contributed by atoms with E-state index < -0.39 is 0 Å². The van der Waals surface area contributed by atoms with Gasteiger partial charge in [-0.05, 0) is 45.1 Å². The molecule has 0 saturated carbocycles. The van der Waals surface area contributed by atoms with Gasteiger partial charge in [0.25, 0.3) is 0 Å². The van der Waals surface area contributed by atoms with Crippen molar-refractivity contribution in [3.05, 3.63) is 23.9 Å². The van der Waals surface area contributed by atoms with Gasteiger partial charge < -0.3 is 4.90 Å². The molecule has 1 aromatic rings.